The van der Waals surface area contributed by atoms with E-state index in [9.17, 15) is 18.0 Å². The Kier molecular flexibility index (Phi) is 10.5. The Labute approximate surface area is 268 Å². The van der Waals surface area contributed by atoms with Gasteiger partial charge in [0.25, 0.3) is 10.0 Å². The second kappa shape index (κ2) is 14.7. The van der Waals surface area contributed by atoms with Crippen LogP contribution in [-0.2, 0) is 32.6 Å². The van der Waals surface area contributed by atoms with Crippen LogP contribution in [0.3, 0.4) is 0 Å². The molecule has 7 nitrogen and oxygen atoms in total. The smallest absolute Gasteiger partial charge is 0.264 e. The summed E-state index contributed by atoms with van der Waals surface area (Å²) in [6.45, 7) is -0.758. The molecule has 0 saturated heterocycles. The molecule has 1 atom stereocenters. The van der Waals surface area contributed by atoms with Gasteiger partial charge in [0.15, 0.2) is 0 Å². The SMILES string of the molecule is O=C(NC1CCCC1)[C@H](Cc1ccccc1)N(Cc1cccc(Cl)c1)C(=O)CN(c1ccccc1F)S(=O)(=O)c1ccccc1. The Hall–Kier alpha value is -4.21. The Balaban J connectivity index is 1.57. The molecule has 1 aliphatic carbocycles. The van der Waals surface area contributed by atoms with E-state index in [-0.39, 0.29) is 35.5 Å². The zero-order chi connectivity index (χ0) is 31.8. The van der Waals surface area contributed by atoms with Crippen molar-refractivity contribution in [3.8, 4) is 0 Å². The molecule has 234 valence electrons. The Morgan fingerprint density at radius 3 is 2.13 bits per heavy atom. The predicted octanol–water partition coefficient (Wildman–Crippen LogP) is 6.37. The third-order valence-corrected chi connectivity index (χ3v) is 9.95. The molecule has 0 aliphatic heterocycles. The van der Waals surface area contributed by atoms with Crippen LogP contribution in [0.25, 0.3) is 0 Å². The number of rotatable bonds is 12. The van der Waals surface area contributed by atoms with Crippen LogP contribution < -0.4 is 9.62 Å². The zero-order valence-electron chi connectivity index (χ0n) is 24.7. The number of carbonyl (C=O) groups excluding carboxylic acids is 2. The number of hydrogen-bond donors (Lipinski definition) is 1. The van der Waals surface area contributed by atoms with Crippen molar-refractivity contribution in [1.82, 2.24) is 10.2 Å². The van der Waals surface area contributed by atoms with E-state index in [0.717, 1.165) is 41.6 Å². The summed E-state index contributed by atoms with van der Waals surface area (Å²) in [6.07, 6.45) is 3.91. The molecule has 45 heavy (non-hydrogen) atoms. The fourth-order valence-corrected chi connectivity index (χ4v) is 7.30. The van der Waals surface area contributed by atoms with Gasteiger partial charge in [-0.05, 0) is 60.4 Å². The van der Waals surface area contributed by atoms with Crippen molar-refractivity contribution >= 4 is 39.1 Å². The molecule has 4 aromatic rings. The molecule has 0 unspecified atom stereocenters. The molecule has 1 aliphatic rings. The maximum absolute atomic E-state index is 15.2. The molecule has 2 amide bonds. The first kappa shape index (κ1) is 32.2. The molecular weight excluding hydrogens is 613 g/mol. The molecule has 1 fully saturated rings. The lowest BCUT2D eigenvalue weighted by Crippen LogP contribution is -2.54. The molecule has 0 heterocycles. The lowest BCUT2D eigenvalue weighted by molar-refractivity contribution is -0.140. The number of benzene rings is 4. The summed E-state index contributed by atoms with van der Waals surface area (Å²) in [6, 6.07) is 28.3. The maximum atomic E-state index is 15.2. The molecule has 0 spiro atoms. The van der Waals surface area contributed by atoms with Crippen LogP contribution in [0.1, 0.15) is 36.8 Å². The number of para-hydroxylation sites is 1. The van der Waals surface area contributed by atoms with Crippen molar-refractivity contribution in [2.75, 3.05) is 10.8 Å². The van der Waals surface area contributed by atoms with E-state index in [1.54, 1.807) is 42.5 Å². The molecule has 1 saturated carbocycles. The average Bonchev–Trinajstić information content (AvgIpc) is 3.56. The molecule has 0 radical (unpaired) electrons. The van der Waals surface area contributed by atoms with E-state index in [4.69, 9.17) is 11.6 Å². The molecular formula is C35H35ClFN3O4S. The van der Waals surface area contributed by atoms with Gasteiger partial charge in [-0.1, -0.05) is 97.2 Å². The van der Waals surface area contributed by atoms with Gasteiger partial charge in [-0.15, -0.1) is 0 Å². The minimum absolute atomic E-state index is 0.00716. The highest BCUT2D eigenvalue weighted by atomic mass is 35.5. The largest absolute Gasteiger partial charge is 0.352 e. The van der Waals surface area contributed by atoms with Gasteiger partial charge in [0, 0.05) is 24.0 Å². The highest BCUT2D eigenvalue weighted by Gasteiger charge is 2.36. The predicted molar refractivity (Wildman–Crippen MR) is 174 cm³/mol. The number of hydrogen-bond acceptors (Lipinski definition) is 4. The van der Waals surface area contributed by atoms with Gasteiger partial charge in [0.1, 0.15) is 18.4 Å². The summed E-state index contributed by atoms with van der Waals surface area (Å²) in [7, 11) is -4.38. The molecule has 1 N–H and O–H groups in total. The van der Waals surface area contributed by atoms with Gasteiger partial charge >= 0.3 is 0 Å². The molecule has 4 aromatic carbocycles. The van der Waals surface area contributed by atoms with Gasteiger partial charge < -0.3 is 10.2 Å². The number of nitrogens with zero attached hydrogens (tertiary/aromatic N) is 2. The first-order chi connectivity index (χ1) is 21.7. The molecule has 10 heteroatoms. The minimum atomic E-state index is -4.38. The molecule has 0 bridgehead atoms. The summed E-state index contributed by atoms with van der Waals surface area (Å²) in [5, 5.41) is 3.58. The minimum Gasteiger partial charge on any atom is -0.352 e. The Morgan fingerprint density at radius 2 is 1.47 bits per heavy atom. The normalized spacial score (nSPS) is 14.1. The van der Waals surface area contributed by atoms with E-state index in [1.165, 1.54) is 35.2 Å². The quantitative estimate of drug-likeness (QED) is 0.194. The van der Waals surface area contributed by atoms with Gasteiger partial charge in [-0.2, -0.15) is 0 Å². The van der Waals surface area contributed by atoms with Crippen molar-refractivity contribution in [1.29, 1.82) is 0 Å². The van der Waals surface area contributed by atoms with E-state index in [2.05, 4.69) is 5.32 Å². The van der Waals surface area contributed by atoms with Crippen molar-refractivity contribution in [2.24, 2.45) is 0 Å². The average molecular weight is 648 g/mol. The van der Waals surface area contributed by atoms with Crippen LogP contribution in [0.15, 0.2) is 114 Å². The Morgan fingerprint density at radius 1 is 0.844 bits per heavy atom. The molecule has 0 aromatic heterocycles. The summed E-state index contributed by atoms with van der Waals surface area (Å²) in [5.41, 5.74) is 1.22. The number of nitrogens with one attached hydrogen (secondary N) is 1. The second-order valence-corrected chi connectivity index (χ2v) is 13.4. The fourth-order valence-electron chi connectivity index (χ4n) is 5.64. The van der Waals surface area contributed by atoms with Crippen molar-refractivity contribution in [3.05, 3.63) is 131 Å². The van der Waals surface area contributed by atoms with Gasteiger partial charge in [-0.25, -0.2) is 12.8 Å². The van der Waals surface area contributed by atoms with Gasteiger partial charge in [0.05, 0.1) is 10.6 Å². The van der Waals surface area contributed by atoms with Crippen molar-refractivity contribution in [3.63, 3.8) is 0 Å². The summed E-state index contributed by atoms with van der Waals surface area (Å²) < 4.78 is 43.9. The number of amides is 2. The monoisotopic (exact) mass is 647 g/mol. The van der Waals surface area contributed by atoms with Crippen LogP contribution in [0.4, 0.5) is 10.1 Å². The van der Waals surface area contributed by atoms with E-state index >= 15 is 4.39 Å². The van der Waals surface area contributed by atoms with Crippen LogP contribution in [0, 0.1) is 5.82 Å². The highest BCUT2D eigenvalue weighted by Crippen LogP contribution is 2.28. The fraction of sp³-hybridized carbons (Fsp3) is 0.257. The third kappa shape index (κ3) is 8.09. The Bertz CT molecular complexity index is 1720. The number of halogens is 2. The maximum Gasteiger partial charge on any atom is 0.264 e. The zero-order valence-corrected chi connectivity index (χ0v) is 26.3. The first-order valence-corrected chi connectivity index (χ1v) is 16.7. The first-order valence-electron chi connectivity index (χ1n) is 14.9. The lowest BCUT2D eigenvalue weighted by Gasteiger charge is -2.34. The van der Waals surface area contributed by atoms with Crippen LogP contribution in [0.2, 0.25) is 5.02 Å². The van der Waals surface area contributed by atoms with E-state index in [0.29, 0.717) is 10.6 Å². The topological polar surface area (TPSA) is 86.8 Å². The van der Waals surface area contributed by atoms with Gasteiger partial charge in [0.2, 0.25) is 11.8 Å². The van der Waals surface area contributed by atoms with Crippen molar-refractivity contribution in [2.45, 2.75) is 55.6 Å². The number of sulfonamides is 1. The van der Waals surface area contributed by atoms with Crippen LogP contribution >= 0.6 is 11.6 Å². The van der Waals surface area contributed by atoms with E-state index in [1.807, 2.05) is 30.3 Å². The lowest BCUT2D eigenvalue weighted by atomic mass is 10.0. The summed E-state index contributed by atoms with van der Waals surface area (Å²) in [5.74, 6) is -1.80. The van der Waals surface area contributed by atoms with Crippen LogP contribution in [0.5, 0.6) is 0 Å². The van der Waals surface area contributed by atoms with E-state index < -0.39 is 34.3 Å². The standard InChI is InChI=1S/C35H35ClFN3O4S/c36-28-15-11-14-27(22-28)24-39(33(23-26-12-3-1-4-13-26)35(42)38-29-16-7-8-17-29)34(41)25-40(32-21-10-9-20-31(32)37)45(43,44)30-18-5-2-6-19-30/h1-6,9-15,18-22,29,33H,7-8,16-17,23-25H2,(H,38,42)/t33-/m0/s1. The summed E-state index contributed by atoms with van der Waals surface area (Å²) >= 11 is 6.29. The molecule has 5 rings (SSSR count). The van der Waals surface area contributed by atoms with Crippen molar-refractivity contribution < 1.29 is 22.4 Å². The summed E-state index contributed by atoms with van der Waals surface area (Å²) in [4.78, 5) is 29.8. The van der Waals surface area contributed by atoms with Gasteiger partial charge in [-0.3, -0.25) is 13.9 Å². The highest BCUT2D eigenvalue weighted by molar-refractivity contribution is 7.92. The number of anilines is 1. The second-order valence-electron chi connectivity index (χ2n) is 11.1. The number of carbonyl (C=O) groups is 2. The van der Waals surface area contributed by atoms with Crippen LogP contribution in [-0.4, -0.2) is 43.8 Å². The third-order valence-electron chi connectivity index (χ3n) is 7.95.